The summed E-state index contributed by atoms with van der Waals surface area (Å²) in [5, 5.41) is 2.85. The fraction of sp³-hybridized carbons (Fsp3) is 0.154. The SMILES string of the molecule is NC(=O)c1cnc(NC(=O)CCc2ccccc2F)s1. The monoisotopic (exact) mass is 293 g/mol. The van der Waals surface area contributed by atoms with Crippen molar-refractivity contribution in [2.24, 2.45) is 5.73 Å². The number of primary amides is 1. The van der Waals surface area contributed by atoms with Gasteiger partial charge in [-0.3, -0.25) is 9.59 Å². The fourth-order valence-corrected chi connectivity index (χ4v) is 2.26. The van der Waals surface area contributed by atoms with E-state index in [1.54, 1.807) is 18.2 Å². The number of rotatable bonds is 5. The Morgan fingerprint density at radius 3 is 2.75 bits per heavy atom. The minimum absolute atomic E-state index is 0.131. The third kappa shape index (κ3) is 3.61. The number of carbonyl (C=O) groups excluding carboxylic acids is 2. The molecule has 1 aromatic carbocycles. The van der Waals surface area contributed by atoms with Crippen LogP contribution in [0.5, 0.6) is 0 Å². The van der Waals surface area contributed by atoms with Crippen LogP contribution in [-0.2, 0) is 11.2 Å². The summed E-state index contributed by atoms with van der Waals surface area (Å²) < 4.78 is 13.4. The number of amides is 2. The Labute approximate surface area is 118 Å². The lowest BCUT2D eigenvalue weighted by Gasteiger charge is -2.03. The van der Waals surface area contributed by atoms with Crippen molar-refractivity contribution in [2.45, 2.75) is 12.8 Å². The quantitative estimate of drug-likeness (QED) is 0.883. The molecule has 0 unspecified atom stereocenters. The average Bonchev–Trinajstić information content (AvgIpc) is 2.86. The highest BCUT2D eigenvalue weighted by Gasteiger charge is 2.10. The molecule has 2 aromatic rings. The van der Waals surface area contributed by atoms with Crippen molar-refractivity contribution in [2.75, 3.05) is 5.32 Å². The summed E-state index contributed by atoms with van der Waals surface area (Å²) in [4.78, 5) is 26.7. The zero-order valence-corrected chi connectivity index (χ0v) is 11.2. The van der Waals surface area contributed by atoms with Gasteiger partial charge in [0.15, 0.2) is 5.13 Å². The first-order chi connectivity index (χ1) is 9.56. The van der Waals surface area contributed by atoms with E-state index >= 15 is 0 Å². The number of carbonyl (C=O) groups is 2. The van der Waals surface area contributed by atoms with E-state index in [-0.39, 0.29) is 23.0 Å². The second kappa shape index (κ2) is 6.25. The Morgan fingerprint density at radius 2 is 2.10 bits per heavy atom. The van der Waals surface area contributed by atoms with Crippen molar-refractivity contribution in [3.63, 3.8) is 0 Å². The largest absolute Gasteiger partial charge is 0.365 e. The molecule has 0 aliphatic rings. The molecule has 1 aromatic heterocycles. The van der Waals surface area contributed by atoms with Gasteiger partial charge in [0.05, 0.1) is 6.20 Å². The van der Waals surface area contributed by atoms with Gasteiger partial charge in [0.25, 0.3) is 5.91 Å². The number of hydrogen-bond acceptors (Lipinski definition) is 4. The summed E-state index contributed by atoms with van der Waals surface area (Å²) in [6.45, 7) is 0. The number of hydrogen-bond donors (Lipinski definition) is 2. The molecule has 0 spiro atoms. The Kier molecular flexibility index (Phi) is 4.41. The van der Waals surface area contributed by atoms with E-state index in [0.717, 1.165) is 11.3 Å². The van der Waals surface area contributed by atoms with E-state index in [0.29, 0.717) is 17.1 Å². The number of benzene rings is 1. The van der Waals surface area contributed by atoms with Gasteiger partial charge in [-0.05, 0) is 18.1 Å². The van der Waals surface area contributed by atoms with Crippen molar-refractivity contribution in [3.8, 4) is 0 Å². The molecule has 0 saturated carbocycles. The Morgan fingerprint density at radius 1 is 1.35 bits per heavy atom. The molecule has 0 saturated heterocycles. The number of thiazole rings is 1. The second-order valence-corrected chi connectivity index (χ2v) is 5.06. The average molecular weight is 293 g/mol. The molecule has 7 heteroatoms. The van der Waals surface area contributed by atoms with Crippen LogP contribution in [0.15, 0.2) is 30.5 Å². The van der Waals surface area contributed by atoms with E-state index in [1.807, 2.05) is 0 Å². The molecular formula is C13H12FN3O2S. The van der Waals surface area contributed by atoms with Crippen molar-refractivity contribution < 1.29 is 14.0 Å². The maximum absolute atomic E-state index is 13.4. The predicted octanol–water partition coefficient (Wildman–Crippen LogP) is 1.95. The number of nitrogens with zero attached hydrogens (tertiary/aromatic N) is 1. The lowest BCUT2D eigenvalue weighted by Crippen LogP contribution is -2.12. The van der Waals surface area contributed by atoms with Crippen LogP contribution in [0.3, 0.4) is 0 Å². The van der Waals surface area contributed by atoms with E-state index < -0.39 is 5.91 Å². The summed E-state index contributed by atoms with van der Waals surface area (Å²) in [6, 6.07) is 6.31. The van der Waals surface area contributed by atoms with Gasteiger partial charge in [-0.15, -0.1) is 0 Å². The van der Waals surface area contributed by atoms with E-state index in [1.165, 1.54) is 12.3 Å². The third-order valence-corrected chi connectivity index (χ3v) is 3.50. The van der Waals surface area contributed by atoms with Crippen molar-refractivity contribution in [1.82, 2.24) is 4.98 Å². The van der Waals surface area contributed by atoms with Crippen LogP contribution in [0.4, 0.5) is 9.52 Å². The Hall–Kier alpha value is -2.28. The van der Waals surface area contributed by atoms with Crippen LogP contribution in [0.1, 0.15) is 21.7 Å². The fourth-order valence-electron chi connectivity index (χ4n) is 1.58. The molecule has 2 amide bonds. The van der Waals surface area contributed by atoms with Crippen LogP contribution in [-0.4, -0.2) is 16.8 Å². The molecule has 2 rings (SSSR count). The summed E-state index contributed by atoms with van der Waals surface area (Å²) in [6.07, 6.45) is 1.73. The summed E-state index contributed by atoms with van der Waals surface area (Å²) >= 11 is 1.00. The minimum atomic E-state index is -0.589. The lowest BCUT2D eigenvalue weighted by atomic mass is 10.1. The molecule has 0 atom stereocenters. The Balaban J connectivity index is 1.89. The van der Waals surface area contributed by atoms with Crippen LogP contribution in [0.25, 0.3) is 0 Å². The van der Waals surface area contributed by atoms with Crippen molar-refractivity contribution >= 4 is 28.3 Å². The molecule has 0 aliphatic carbocycles. The first kappa shape index (κ1) is 14.1. The topological polar surface area (TPSA) is 85.1 Å². The van der Waals surface area contributed by atoms with Crippen LogP contribution >= 0.6 is 11.3 Å². The van der Waals surface area contributed by atoms with Gasteiger partial charge >= 0.3 is 0 Å². The number of nitrogens with one attached hydrogen (secondary N) is 1. The number of aromatic nitrogens is 1. The van der Waals surface area contributed by atoms with Crippen LogP contribution in [0, 0.1) is 5.82 Å². The molecule has 104 valence electrons. The van der Waals surface area contributed by atoms with Gasteiger partial charge in [0.2, 0.25) is 5.91 Å². The van der Waals surface area contributed by atoms with E-state index in [9.17, 15) is 14.0 Å². The normalized spacial score (nSPS) is 10.2. The van der Waals surface area contributed by atoms with E-state index in [2.05, 4.69) is 10.3 Å². The van der Waals surface area contributed by atoms with E-state index in [4.69, 9.17) is 5.73 Å². The summed E-state index contributed by atoms with van der Waals surface area (Å²) in [5.74, 6) is -1.21. The zero-order valence-electron chi connectivity index (χ0n) is 10.4. The maximum atomic E-state index is 13.4. The number of nitrogens with two attached hydrogens (primary N) is 1. The standard InChI is InChI=1S/C13H12FN3O2S/c14-9-4-2-1-3-8(9)5-6-11(18)17-13-16-7-10(20-13)12(15)19/h1-4,7H,5-6H2,(H2,15,19)(H,16,17,18). The van der Waals surface area contributed by atoms with Gasteiger partial charge < -0.3 is 11.1 Å². The molecule has 1 heterocycles. The van der Waals surface area contributed by atoms with Gasteiger partial charge in [0, 0.05) is 6.42 Å². The number of aryl methyl sites for hydroxylation is 1. The molecular weight excluding hydrogens is 281 g/mol. The van der Waals surface area contributed by atoms with Crippen molar-refractivity contribution in [1.29, 1.82) is 0 Å². The molecule has 0 radical (unpaired) electrons. The summed E-state index contributed by atoms with van der Waals surface area (Å²) in [7, 11) is 0. The maximum Gasteiger partial charge on any atom is 0.260 e. The second-order valence-electron chi connectivity index (χ2n) is 4.03. The predicted molar refractivity (Wildman–Crippen MR) is 74.0 cm³/mol. The van der Waals surface area contributed by atoms with Gasteiger partial charge in [-0.25, -0.2) is 9.37 Å². The summed E-state index contributed by atoms with van der Waals surface area (Å²) in [5.41, 5.74) is 5.57. The third-order valence-electron chi connectivity index (χ3n) is 2.57. The number of halogens is 1. The molecule has 0 bridgehead atoms. The highest BCUT2D eigenvalue weighted by atomic mass is 32.1. The highest BCUT2D eigenvalue weighted by Crippen LogP contribution is 2.18. The Bertz CT molecular complexity index is 642. The first-order valence-corrected chi connectivity index (χ1v) is 6.67. The molecule has 0 aliphatic heterocycles. The van der Waals surface area contributed by atoms with Crippen LogP contribution < -0.4 is 11.1 Å². The molecule has 5 nitrogen and oxygen atoms in total. The number of anilines is 1. The highest BCUT2D eigenvalue weighted by molar-refractivity contribution is 7.17. The minimum Gasteiger partial charge on any atom is -0.365 e. The van der Waals surface area contributed by atoms with Gasteiger partial charge in [-0.2, -0.15) is 0 Å². The molecule has 0 fully saturated rings. The smallest absolute Gasteiger partial charge is 0.260 e. The zero-order chi connectivity index (χ0) is 14.5. The molecule has 20 heavy (non-hydrogen) atoms. The van der Waals surface area contributed by atoms with Gasteiger partial charge in [-0.1, -0.05) is 29.5 Å². The first-order valence-electron chi connectivity index (χ1n) is 5.85. The van der Waals surface area contributed by atoms with Gasteiger partial charge in [0.1, 0.15) is 10.7 Å². The van der Waals surface area contributed by atoms with Crippen LogP contribution in [0.2, 0.25) is 0 Å². The van der Waals surface area contributed by atoms with Crippen molar-refractivity contribution in [3.05, 3.63) is 46.7 Å². The molecule has 3 N–H and O–H groups in total. The lowest BCUT2D eigenvalue weighted by molar-refractivity contribution is -0.116.